The van der Waals surface area contributed by atoms with Gasteiger partial charge in [0.2, 0.25) is 16.0 Å². The molecule has 0 aliphatic heterocycles. The Labute approximate surface area is 176 Å². The first-order valence-electron chi connectivity index (χ1n) is 8.70. The highest BCUT2D eigenvalue weighted by Crippen LogP contribution is 2.28. The van der Waals surface area contributed by atoms with Gasteiger partial charge in [0, 0.05) is 42.1 Å². The average Bonchev–Trinajstić information content (AvgIpc) is 3.05. The predicted octanol–water partition coefficient (Wildman–Crippen LogP) is 2.11. The normalized spacial score (nSPS) is 13.0. The first-order valence-corrected chi connectivity index (χ1v) is 11.4. The third-order valence-corrected chi connectivity index (χ3v) is 5.22. The van der Waals surface area contributed by atoms with Gasteiger partial charge in [0.25, 0.3) is 0 Å². The molecule has 1 atom stereocenters. The molecule has 0 radical (unpaired) electrons. The summed E-state index contributed by atoms with van der Waals surface area (Å²) < 4.78 is 25.6. The first-order chi connectivity index (χ1) is 13.7. The second-order valence-corrected chi connectivity index (χ2v) is 9.16. The van der Waals surface area contributed by atoms with Crippen LogP contribution in [-0.2, 0) is 10.0 Å². The Bertz CT molecular complexity index is 1090. The van der Waals surface area contributed by atoms with Gasteiger partial charge in [-0.15, -0.1) is 0 Å². The summed E-state index contributed by atoms with van der Waals surface area (Å²) in [5.74, 6) is 0.456. The number of H-pyrrole nitrogens is 1. The fraction of sp³-hybridized carbons (Fsp3) is 0.294. The van der Waals surface area contributed by atoms with E-state index in [1.807, 2.05) is 24.3 Å². The van der Waals surface area contributed by atoms with Crippen LogP contribution in [0.5, 0.6) is 0 Å². The minimum absolute atomic E-state index is 0.225. The highest BCUT2D eigenvalue weighted by Gasteiger charge is 2.20. The van der Waals surface area contributed by atoms with Crippen LogP contribution in [0.1, 0.15) is 11.7 Å². The van der Waals surface area contributed by atoms with Gasteiger partial charge in [-0.3, -0.25) is 0 Å². The molecule has 2 aromatic heterocycles. The fourth-order valence-corrected chi connectivity index (χ4v) is 3.64. The molecule has 0 aliphatic rings. The number of sulfonamides is 1. The Balaban J connectivity index is 1.82. The van der Waals surface area contributed by atoms with Crippen molar-refractivity contribution in [3.05, 3.63) is 46.6 Å². The maximum absolute atomic E-state index is 11.1. The van der Waals surface area contributed by atoms with Crippen molar-refractivity contribution in [1.82, 2.24) is 24.7 Å². The summed E-state index contributed by atoms with van der Waals surface area (Å²) in [7, 11) is -1.69. The summed E-state index contributed by atoms with van der Waals surface area (Å²) in [5.41, 5.74) is 2.69. The predicted molar refractivity (Wildman–Crippen MR) is 115 cm³/mol. The molecule has 1 aromatic carbocycles. The summed E-state index contributed by atoms with van der Waals surface area (Å²) in [6.45, 7) is 0.574. The van der Waals surface area contributed by atoms with Crippen molar-refractivity contribution in [2.24, 2.45) is 0 Å². The van der Waals surface area contributed by atoms with Gasteiger partial charge in [0.1, 0.15) is 6.17 Å². The Morgan fingerprint density at radius 2 is 2.10 bits per heavy atom. The number of hydrogen-bond acceptors (Lipinski definition) is 8. The van der Waals surface area contributed by atoms with E-state index < -0.39 is 16.2 Å². The zero-order chi connectivity index (χ0) is 21.0. The zero-order valence-corrected chi connectivity index (χ0v) is 18.2. The molecule has 0 fully saturated rings. The number of aromatic nitrogens is 3. The summed E-state index contributed by atoms with van der Waals surface area (Å²) in [6.07, 6.45) is 2.16. The van der Waals surface area contributed by atoms with Crippen molar-refractivity contribution < 1.29 is 13.6 Å². The standard InChI is InChI=1S/C17H22BrN7O3S/c1-25(26)16(22-12-5-3-4-11(18)10-12)13-6-7-19-15-14(13)23-17(24-15)20-8-9-21-29(2,27)28/h3-7,10,16,21-22,26H,8-9H2,1-2H3,(H2,19,20,23,24). The van der Waals surface area contributed by atoms with Crippen LogP contribution in [0.15, 0.2) is 41.0 Å². The van der Waals surface area contributed by atoms with Crippen LogP contribution < -0.4 is 15.4 Å². The summed E-state index contributed by atoms with van der Waals surface area (Å²) in [5, 5.41) is 17.6. The van der Waals surface area contributed by atoms with E-state index in [0.29, 0.717) is 23.7 Å². The molecule has 5 N–H and O–H groups in total. The van der Waals surface area contributed by atoms with Gasteiger partial charge in [-0.05, 0) is 24.3 Å². The topological polar surface area (TPSA) is 135 Å². The molecule has 0 saturated heterocycles. The van der Waals surface area contributed by atoms with Gasteiger partial charge in [0.05, 0.1) is 11.8 Å². The lowest BCUT2D eigenvalue weighted by atomic mass is 10.1. The third-order valence-electron chi connectivity index (χ3n) is 4.00. The van der Waals surface area contributed by atoms with Gasteiger partial charge in [-0.1, -0.05) is 22.0 Å². The molecule has 156 valence electrons. The number of benzene rings is 1. The van der Waals surface area contributed by atoms with Gasteiger partial charge in [0.15, 0.2) is 5.65 Å². The number of halogens is 1. The summed E-state index contributed by atoms with van der Waals surface area (Å²) in [6, 6.07) is 9.40. The van der Waals surface area contributed by atoms with Crippen molar-refractivity contribution >= 4 is 48.8 Å². The van der Waals surface area contributed by atoms with E-state index in [1.54, 1.807) is 19.3 Å². The van der Waals surface area contributed by atoms with E-state index in [-0.39, 0.29) is 6.54 Å². The molecule has 1 unspecified atom stereocenters. The quantitative estimate of drug-likeness (QED) is 0.177. The number of fused-ring (bicyclic) bond motifs is 1. The molecule has 10 nitrogen and oxygen atoms in total. The molecule has 0 spiro atoms. The van der Waals surface area contributed by atoms with E-state index in [9.17, 15) is 13.6 Å². The minimum Gasteiger partial charge on any atom is -0.364 e. The lowest BCUT2D eigenvalue weighted by Gasteiger charge is -2.25. The SMILES string of the molecule is CN(O)C(Nc1cccc(Br)c1)c1ccnc2nc(NCCNS(C)(=O)=O)[nH]c12. The van der Waals surface area contributed by atoms with Crippen LogP contribution in [0, 0.1) is 0 Å². The molecule has 0 amide bonds. The number of anilines is 2. The molecule has 0 aliphatic carbocycles. The summed E-state index contributed by atoms with van der Waals surface area (Å²) >= 11 is 3.44. The largest absolute Gasteiger partial charge is 0.364 e. The number of hydrogen-bond donors (Lipinski definition) is 5. The van der Waals surface area contributed by atoms with Gasteiger partial charge >= 0.3 is 0 Å². The third kappa shape index (κ3) is 5.87. The number of hydroxylamine groups is 2. The number of imidazole rings is 1. The molecule has 0 saturated carbocycles. The zero-order valence-electron chi connectivity index (χ0n) is 15.8. The van der Waals surface area contributed by atoms with E-state index in [2.05, 4.69) is 46.2 Å². The monoisotopic (exact) mass is 483 g/mol. The number of rotatable bonds is 9. The lowest BCUT2D eigenvalue weighted by molar-refractivity contribution is -0.0950. The smallest absolute Gasteiger partial charge is 0.208 e. The van der Waals surface area contributed by atoms with Gasteiger partial charge < -0.3 is 20.8 Å². The second kappa shape index (κ2) is 9.05. The Hall–Kier alpha value is -2.25. The molecule has 3 rings (SSSR count). The number of nitrogens with one attached hydrogen (secondary N) is 4. The van der Waals surface area contributed by atoms with E-state index >= 15 is 0 Å². The van der Waals surface area contributed by atoms with E-state index in [4.69, 9.17) is 0 Å². The second-order valence-electron chi connectivity index (χ2n) is 6.41. The van der Waals surface area contributed by atoms with Crippen LogP contribution in [-0.4, -0.2) is 60.0 Å². The van der Waals surface area contributed by atoms with Crippen LogP contribution in [0.2, 0.25) is 0 Å². The Morgan fingerprint density at radius 1 is 1.31 bits per heavy atom. The Kier molecular flexibility index (Phi) is 6.70. The molecule has 12 heteroatoms. The minimum atomic E-state index is -3.24. The maximum Gasteiger partial charge on any atom is 0.208 e. The van der Waals surface area contributed by atoms with Crippen LogP contribution in [0.4, 0.5) is 11.6 Å². The molecule has 2 heterocycles. The van der Waals surface area contributed by atoms with Crippen molar-refractivity contribution in [1.29, 1.82) is 0 Å². The van der Waals surface area contributed by atoms with Crippen molar-refractivity contribution in [2.75, 3.05) is 37.0 Å². The molecular formula is C17H22BrN7O3S. The van der Waals surface area contributed by atoms with Crippen molar-refractivity contribution in [3.8, 4) is 0 Å². The lowest BCUT2D eigenvalue weighted by Crippen LogP contribution is -2.28. The molecular weight excluding hydrogens is 462 g/mol. The molecule has 0 bridgehead atoms. The van der Waals surface area contributed by atoms with E-state index in [0.717, 1.165) is 27.0 Å². The Morgan fingerprint density at radius 3 is 2.79 bits per heavy atom. The van der Waals surface area contributed by atoms with Crippen LogP contribution in [0.25, 0.3) is 11.2 Å². The van der Waals surface area contributed by atoms with E-state index in [1.165, 1.54) is 0 Å². The van der Waals surface area contributed by atoms with Gasteiger partial charge in [-0.25, -0.2) is 18.1 Å². The van der Waals surface area contributed by atoms with Crippen molar-refractivity contribution in [2.45, 2.75) is 6.17 Å². The number of pyridine rings is 1. The van der Waals surface area contributed by atoms with Crippen LogP contribution in [0.3, 0.4) is 0 Å². The first kappa shape index (κ1) is 21.5. The highest BCUT2D eigenvalue weighted by atomic mass is 79.9. The highest BCUT2D eigenvalue weighted by molar-refractivity contribution is 9.10. The fourth-order valence-electron chi connectivity index (χ4n) is 2.77. The van der Waals surface area contributed by atoms with Gasteiger partial charge in [-0.2, -0.15) is 10.0 Å². The summed E-state index contributed by atoms with van der Waals surface area (Å²) in [4.78, 5) is 11.8. The van der Waals surface area contributed by atoms with Crippen molar-refractivity contribution in [3.63, 3.8) is 0 Å². The molecule has 3 aromatic rings. The number of nitrogens with zero attached hydrogens (tertiary/aromatic N) is 3. The maximum atomic E-state index is 11.1. The number of aromatic amines is 1. The van der Waals surface area contributed by atoms with Crippen LogP contribution >= 0.6 is 15.9 Å². The average molecular weight is 484 g/mol. The molecule has 29 heavy (non-hydrogen) atoms.